The molecule has 0 unspecified atom stereocenters. The van der Waals surface area contributed by atoms with Crippen LogP contribution in [0.15, 0.2) is 64.5 Å². The number of ether oxygens (including phenoxy) is 1. The number of halogens is 1. The SMILES string of the molecule is COC(=O)/C(Cl)=C(/OS(=O)(=O)c1ccc(C)cc1)c1ccccc1. The van der Waals surface area contributed by atoms with Crippen molar-refractivity contribution in [3.63, 3.8) is 0 Å². The van der Waals surface area contributed by atoms with Gasteiger partial charge in [-0.2, -0.15) is 8.42 Å². The summed E-state index contributed by atoms with van der Waals surface area (Å²) in [6.07, 6.45) is 0. The van der Waals surface area contributed by atoms with E-state index in [-0.39, 0.29) is 10.7 Å². The summed E-state index contributed by atoms with van der Waals surface area (Å²) in [5.41, 5.74) is 1.24. The molecule has 0 bridgehead atoms. The van der Waals surface area contributed by atoms with Crippen LogP contribution >= 0.6 is 11.6 Å². The first-order valence-corrected chi connectivity index (χ1v) is 8.68. The molecule has 0 heterocycles. The van der Waals surface area contributed by atoms with E-state index >= 15 is 0 Å². The molecule has 0 amide bonds. The Kier molecular flexibility index (Phi) is 5.64. The number of methoxy groups -OCH3 is 1. The first-order valence-electron chi connectivity index (χ1n) is 6.90. The van der Waals surface area contributed by atoms with Crippen LogP contribution < -0.4 is 0 Å². The van der Waals surface area contributed by atoms with Crippen LogP contribution in [-0.2, 0) is 23.8 Å². The highest BCUT2D eigenvalue weighted by molar-refractivity contribution is 7.87. The van der Waals surface area contributed by atoms with E-state index in [9.17, 15) is 13.2 Å². The Balaban J connectivity index is 2.50. The third-order valence-electron chi connectivity index (χ3n) is 3.10. The zero-order valence-electron chi connectivity index (χ0n) is 13.0. The topological polar surface area (TPSA) is 69.7 Å². The number of benzene rings is 2. The lowest BCUT2D eigenvalue weighted by atomic mass is 10.2. The van der Waals surface area contributed by atoms with Crippen molar-refractivity contribution in [1.29, 1.82) is 0 Å². The molecule has 2 aromatic rings. The van der Waals surface area contributed by atoms with Crippen LogP contribution in [-0.4, -0.2) is 21.5 Å². The molecule has 0 aromatic heterocycles. The first-order chi connectivity index (χ1) is 11.3. The van der Waals surface area contributed by atoms with Crippen molar-refractivity contribution in [3.05, 3.63) is 70.8 Å². The fourth-order valence-corrected chi connectivity index (χ4v) is 3.08. The minimum Gasteiger partial charge on any atom is -0.465 e. The molecule has 0 radical (unpaired) electrons. The third kappa shape index (κ3) is 4.15. The molecule has 7 heteroatoms. The van der Waals surface area contributed by atoms with Crippen molar-refractivity contribution in [2.24, 2.45) is 0 Å². The molecule has 2 rings (SSSR count). The average Bonchev–Trinajstić information content (AvgIpc) is 2.59. The van der Waals surface area contributed by atoms with Gasteiger partial charge in [0.2, 0.25) is 0 Å². The van der Waals surface area contributed by atoms with E-state index in [4.69, 9.17) is 15.8 Å². The minimum atomic E-state index is -4.16. The second-order valence-electron chi connectivity index (χ2n) is 4.85. The molecule has 0 aliphatic carbocycles. The number of esters is 1. The van der Waals surface area contributed by atoms with Crippen molar-refractivity contribution in [2.75, 3.05) is 7.11 Å². The first kappa shape index (κ1) is 18.0. The van der Waals surface area contributed by atoms with Gasteiger partial charge in [0.05, 0.1) is 7.11 Å². The zero-order valence-corrected chi connectivity index (χ0v) is 14.6. The predicted molar refractivity (Wildman–Crippen MR) is 90.7 cm³/mol. The lowest BCUT2D eigenvalue weighted by Crippen LogP contribution is -2.10. The Morgan fingerprint density at radius 1 is 1.00 bits per heavy atom. The molecule has 0 spiro atoms. The van der Waals surface area contributed by atoms with E-state index in [0.29, 0.717) is 5.56 Å². The largest absolute Gasteiger partial charge is 0.465 e. The highest BCUT2D eigenvalue weighted by atomic mass is 35.5. The van der Waals surface area contributed by atoms with E-state index < -0.39 is 21.1 Å². The van der Waals surface area contributed by atoms with Crippen molar-refractivity contribution in [2.45, 2.75) is 11.8 Å². The summed E-state index contributed by atoms with van der Waals surface area (Å²) < 4.78 is 34.7. The highest BCUT2D eigenvalue weighted by Gasteiger charge is 2.24. The lowest BCUT2D eigenvalue weighted by molar-refractivity contribution is -0.135. The van der Waals surface area contributed by atoms with Crippen LogP contribution in [0.5, 0.6) is 0 Å². The van der Waals surface area contributed by atoms with Crippen LogP contribution in [0.25, 0.3) is 5.76 Å². The Morgan fingerprint density at radius 2 is 1.58 bits per heavy atom. The molecule has 0 fully saturated rings. The molecule has 5 nitrogen and oxygen atoms in total. The standard InChI is InChI=1S/C17H15ClO5S/c1-12-8-10-14(11-9-12)24(20,21)23-16(15(18)17(19)22-2)13-6-4-3-5-7-13/h3-11H,1-2H3/b16-15-. The fraction of sp³-hybridized carbons (Fsp3) is 0.118. The maximum absolute atomic E-state index is 12.5. The van der Waals surface area contributed by atoms with E-state index in [1.54, 1.807) is 42.5 Å². The van der Waals surface area contributed by atoms with Gasteiger partial charge in [0.15, 0.2) is 10.8 Å². The fourth-order valence-electron chi connectivity index (χ4n) is 1.85. The molecule has 0 aliphatic heterocycles. The molecule has 0 N–H and O–H groups in total. The number of hydrogen-bond acceptors (Lipinski definition) is 5. The van der Waals surface area contributed by atoms with Crippen molar-refractivity contribution >= 4 is 33.4 Å². The average molecular weight is 367 g/mol. The van der Waals surface area contributed by atoms with Crippen molar-refractivity contribution < 1.29 is 22.1 Å². The molecule has 0 saturated carbocycles. The smallest absolute Gasteiger partial charge is 0.353 e. The quantitative estimate of drug-likeness (QED) is 0.350. The van der Waals surface area contributed by atoms with Gasteiger partial charge < -0.3 is 8.92 Å². The zero-order chi connectivity index (χ0) is 17.7. The molecule has 24 heavy (non-hydrogen) atoms. The van der Waals surface area contributed by atoms with Crippen LogP contribution in [0, 0.1) is 6.92 Å². The molecule has 2 aromatic carbocycles. The van der Waals surface area contributed by atoms with Gasteiger partial charge in [-0.25, -0.2) is 4.79 Å². The Labute approximate surface area is 145 Å². The van der Waals surface area contributed by atoms with E-state index in [1.165, 1.54) is 12.1 Å². The molecule has 0 atom stereocenters. The van der Waals surface area contributed by atoms with Crippen LogP contribution in [0.3, 0.4) is 0 Å². The molecular formula is C17H15ClO5S. The summed E-state index contributed by atoms with van der Waals surface area (Å²) >= 11 is 5.97. The summed E-state index contributed by atoms with van der Waals surface area (Å²) in [5.74, 6) is -1.18. The van der Waals surface area contributed by atoms with E-state index in [0.717, 1.165) is 12.7 Å². The highest BCUT2D eigenvalue weighted by Crippen LogP contribution is 2.28. The Bertz CT molecular complexity index is 856. The summed E-state index contributed by atoms with van der Waals surface area (Å²) in [5, 5.41) is -0.459. The lowest BCUT2D eigenvalue weighted by Gasteiger charge is -2.12. The summed E-state index contributed by atoms with van der Waals surface area (Å²) in [4.78, 5) is 11.7. The number of carbonyl (C=O) groups excluding carboxylic acids is 1. The second-order valence-corrected chi connectivity index (χ2v) is 6.78. The van der Waals surface area contributed by atoms with Gasteiger partial charge in [-0.05, 0) is 19.1 Å². The van der Waals surface area contributed by atoms with E-state index in [2.05, 4.69) is 4.74 Å². The molecule has 0 aliphatic rings. The van der Waals surface area contributed by atoms with Crippen LogP contribution in [0.2, 0.25) is 0 Å². The van der Waals surface area contributed by atoms with Gasteiger partial charge in [0.1, 0.15) is 4.90 Å². The molecule has 0 saturated heterocycles. The number of hydrogen-bond donors (Lipinski definition) is 0. The van der Waals surface area contributed by atoms with Gasteiger partial charge in [0.25, 0.3) is 0 Å². The van der Waals surface area contributed by atoms with Crippen molar-refractivity contribution in [1.82, 2.24) is 0 Å². The summed E-state index contributed by atoms with van der Waals surface area (Å²) in [6.45, 7) is 1.83. The number of aryl methyl sites for hydroxylation is 1. The minimum absolute atomic E-state index is 0.0455. The third-order valence-corrected chi connectivity index (χ3v) is 4.66. The van der Waals surface area contributed by atoms with Crippen LogP contribution in [0.4, 0.5) is 0 Å². The van der Waals surface area contributed by atoms with Gasteiger partial charge in [-0.15, -0.1) is 0 Å². The van der Waals surface area contributed by atoms with Crippen LogP contribution in [0.1, 0.15) is 11.1 Å². The van der Waals surface area contributed by atoms with Gasteiger partial charge in [-0.1, -0.05) is 59.6 Å². The Hall–Kier alpha value is -2.31. The Morgan fingerprint density at radius 3 is 2.12 bits per heavy atom. The maximum Gasteiger partial charge on any atom is 0.353 e. The second kappa shape index (κ2) is 7.51. The van der Waals surface area contributed by atoms with Gasteiger partial charge in [0, 0.05) is 5.56 Å². The number of carbonyl (C=O) groups is 1. The predicted octanol–water partition coefficient (Wildman–Crippen LogP) is 3.48. The summed E-state index contributed by atoms with van der Waals surface area (Å²) in [7, 11) is -3.02. The van der Waals surface area contributed by atoms with Gasteiger partial charge in [-0.3, -0.25) is 0 Å². The van der Waals surface area contributed by atoms with Crippen molar-refractivity contribution in [3.8, 4) is 0 Å². The number of rotatable bonds is 5. The maximum atomic E-state index is 12.5. The monoisotopic (exact) mass is 366 g/mol. The summed E-state index contributed by atoms with van der Waals surface area (Å²) in [6, 6.07) is 14.3. The molecule has 126 valence electrons. The van der Waals surface area contributed by atoms with Gasteiger partial charge >= 0.3 is 16.1 Å². The van der Waals surface area contributed by atoms with E-state index in [1.807, 2.05) is 6.92 Å². The molecular weight excluding hydrogens is 352 g/mol. The normalized spacial score (nSPS) is 12.3.